The molecule has 0 saturated carbocycles. The molecule has 1 heterocycles. The number of sulfonamides is 1. The Hall–Kier alpha value is -1.44. The van der Waals surface area contributed by atoms with Crippen molar-refractivity contribution in [2.75, 3.05) is 13.2 Å². The van der Waals surface area contributed by atoms with Crippen LogP contribution in [0.1, 0.15) is 19.8 Å². The van der Waals surface area contributed by atoms with E-state index in [1.165, 1.54) is 19.1 Å². The summed E-state index contributed by atoms with van der Waals surface area (Å²) in [5.41, 5.74) is 0. The van der Waals surface area contributed by atoms with E-state index in [1.807, 2.05) is 4.72 Å². The van der Waals surface area contributed by atoms with Gasteiger partial charge in [0.25, 0.3) is 15.9 Å². The van der Waals surface area contributed by atoms with Crippen LogP contribution in [-0.2, 0) is 24.3 Å². The average Bonchev–Trinajstić information content (AvgIpc) is 2.98. The summed E-state index contributed by atoms with van der Waals surface area (Å²) >= 11 is 0. The van der Waals surface area contributed by atoms with Crippen LogP contribution in [0.4, 0.5) is 0 Å². The highest BCUT2D eigenvalue weighted by atomic mass is 32.2. The van der Waals surface area contributed by atoms with Gasteiger partial charge in [0, 0.05) is 6.61 Å². The van der Waals surface area contributed by atoms with Crippen molar-refractivity contribution in [1.82, 2.24) is 4.72 Å². The summed E-state index contributed by atoms with van der Waals surface area (Å²) in [5, 5.41) is 0. The smallest absolute Gasteiger partial charge is 0.264 e. The molecule has 2 atom stereocenters. The standard InChI is InChI=1S/C14H19NO5S/c1-11(20-10-12-6-5-9-19-12)14(16)15-21(17,18)13-7-3-2-4-8-13/h2-4,7-8,11-12H,5-6,9-10H2,1H3,(H,15,16)/t11-,12-/m0/s1. The van der Waals surface area contributed by atoms with Gasteiger partial charge >= 0.3 is 0 Å². The second-order valence-corrected chi connectivity index (χ2v) is 6.58. The maximum atomic E-state index is 12.0. The van der Waals surface area contributed by atoms with Crippen LogP contribution in [0.5, 0.6) is 0 Å². The predicted molar refractivity (Wildman–Crippen MR) is 76.2 cm³/mol. The summed E-state index contributed by atoms with van der Waals surface area (Å²) in [6, 6.07) is 7.74. The third-order valence-electron chi connectivity index (χ3n) is 3.21. The fraction of sp³-hybridized carbons (Fsp3) is 0.500. The van der Waals surface area contributed by atoms with Gasteiger partial charge in [0.05, 0.1) is 17.6 Å². The molecule has 1 aromatic rings. The lowest BCUT2D eigenvalue weighted by atomic mass is 10.2. The largest absolute Gasteiger partial charge is 0.376 e. The summed E-state index contributed by atoms with van der Waals surface area (Å²) < 4.78 is 36.8. The molecular formula is C14H19NO5S. The minimum Gasteiger partial charge on any atom is -0.376 e. The highest BCUT2D eigenvalue weighted by Gasteiger charge is 2.24. The summed E-state index contributed by atoms with van der Waals surface area (Å²) in [6.07, 6.45) is 1.02. The molecular weight excluding hydrogens is 294 g/mol. The van der Waals surface area contributed by atoms with Crippen molar-refractivity contribution in [2.45, 2.75) is 36.9 Å². The highest BCUT2D eigenvalue weighted by molar-refractivity contribution is 7.90. The predicted octanol–water partition coefficient (Wildman–Crippen LogP) is 1.08. The lowest BCUT2D eigenvalue weighted by molar-refractivity contribution is -0.131. The van der Waals surface area contributed by atoms with E-state index in [0.29, 0.717) is 13.2 Å². The zero-order chi connectivity index (χ0) is 15.3. The highest BCUT2D eigenvalue weighted by Crippen LogP contribution is 2.13. The lowest BCUT2D eigenvalue weighted by Gasteiger charge is -2.16. The zero-order valence-electron chi connectivity index (χ0n) is 11.8. The first-order valence-electron chi connectivity index (χ1n) is 6.84. The van der Waals surface area contributed by atoms with Gasteiger partial charge in [-0.05, 0) is 31.9 Å². The summed E-state index contributed by atoms with van der Waals surface area (Å²) in [7, 11) is -3.85. The van der Waals surface area contributed by atoms with Gasteiger partial charge in [0.15, 0.2) is 0 Å². The van der Waals surface area contributed by atoms with Crippen LogP contribution >= 0.6 is 0 Å². The Bertz CT molecular complexity index is 566. The van der Waals surface area contributed by atoms with E-state index in [2.05, 4.69) is 0 Å². The molecule has 2 rings (SSSR count). The van der Waals surface area contributed by atoms with E-state index < -0.39 is 22.0 Å². The van der Waals surface area contributed by atoms with E-state index in [1.54, 1.807) is 18.2 Å². The minimum atomic E-state index is -3.85. The lowest BCUT2D eigenvalue weighted by Crippen LogP contribution is -2.39. The fourth-order valence-electron chi connectivity index (χ4n) is 1.98. The number of hydrogen-bond acceptors (Lipinski definition) is 5. The zero-order valence-corrected chi connectivity index (χ0v) is 12.6. The van der Waals surface area contributed by atoms with E-state index in [-0.39, 0.29) is 11.0 Å². The van der Waals surface area contributed by atoms with Crippen LogP contribution in [0.3, 0.4) is 0 Å². The molecule has 0 unspecified atom stereocenters. The summed E-state index contributed by atoms with van der Waals surface area (Å²) in [4.78, 5) is 11.9. The molecule has 6 nitrogen and oxygen atoms in total. The monoisotopic (exact) mass is 313 g/mol. The molecule has 0 aromatic heterocycles. The van der Waals surface area contributed by atoms with Crippen molar-refractivity contribution >= 4 is 15.9 Å². The number of carbonyl (C=O) groups excluding carboxylic acids is 1. The quantitative estimate of drug-likeness (QED) is 0.850. The number of carbonyl (C=O) groups is 1. The van der Waals surface area contributed by atoms with Crippen molar-refractivity contribution in [1.29, 1.82) is 0 Å². The van der Waals surface area contributed by atoms with Crippen LogP contribution in [0, 0.1) is 0 Å². The molecule has 1 N–H and O–H groups in total. The van der Waals surface area contributed by atoms with Crippen LogP contribution in [-0.4, -0.2) is 39.7 Å². The van der Waals surface area contributed by atoms with Gasteiger partial charge in [0.2, 0.25) is 0 Å². The Balaban J connectivity index is 1.88. The molecule has 1 saturated heterocycles. The molecule has 0 bridgehead atoms. The number of amides is 1. The van der Waals surface area contributed by atoms with Gasteiger partial charge in [-0.15, -0.1) is 0 Å². The Kier molecular flexibility index (Phi) is 5.33. The van der Waals surface area contributed by atoms with Crippen molar-refractivity contribution in [2.24, 2.45) is 0 Å². The maximum Gasteiger partial charge on any atom is 0.264 e. The second-order valence-electron chi connectivity index (χ2n) is 4.89. The first-order valence-corrected chi connectivity index (χ1v) is 8.32. The van der Waals surface area contributed by atoms with Crippen LogP contribution in [0.25, 0.3) is 0 Å². The Morgan fingerprint density at radius 1 is 1.43 bits per heavy atom. The van der Waals surface area contributed by atoms with Gasteiger partial charge < -0.3 is 9.47 Å². The molecule has 0 spiro atoms. The molecule has 0 radical (unpaired) electrons. The van der Waals surface area contributed by atoms with Crippen molar-refractivity contribution < 1.29 is 22.7 Å². The fourth-order valence-corrected chi connectivity index (χ4v) is 3.04. The number of hydrogen-bond donors (Lipinski definition) is 1. The molecule has 1 fully saturated rings. The van der Waals surface area contributed by atoms with Crippen molar-refractivity contribution in [3.63, 3.8) is 0 Å². The topological polar surface area (TPSA) is 81.7 Å². The molecule has 116 valence electrons. The van der Waals surface area contributed by atoms with E-state index in [0.717, 1.165) is 12.8 Å². The molecule has 1 aromatic carbocycles. The Morgan fingerprint density at radius 2 is 2.14 bits per heavy atom. The molecule has 21 heavy (non-hydrogen) atoms. The Morgan fingerprint density at radius 3 is 2.76 bits per heavy atom. The molecule has 7 heteroatoms. The van der Waals surface area contributed by atoms with Gasteiger partial charge in [-0.3, -0.25) is 4.79 Å². The van der Waals surface area contributed by atoms with Crippen LogP contribution < -0.4 is 4.72 Å². The normalized spacial score (nSPS) is 20.1. The SMILES string of the molecule is C[C@H](OC[C@@H]1CCCO1)C(=O)NS(=O)(=O)c1ccccc1. The van der Waals surface area contributed by atoms with Crippen molar-refractivity contribution in [3.8, 4) is 0 Å². The molecule has 0 aliphatic carbocycles. The minimum absolute atomic E-state index is 0.00835. The number of nitrogens with one attached hydrogen (secondary N) is 1. The van der Waals surface area contributed by atoms with Crippen LogP contribution in [0.15, 0.2) is 35.2 Å². The Labute approximate surface area is 124 Å². The van der Waals surface area contributed by atoms with Gasteiger partial charge in [0.1, 0.15) is 6.10 Å². The third-order valence-corrected chi connectivity index (χ3v) is 4.58. The molecule has 1 aliphatic rings. The average molecular weight is 313 g/mol. The summed E-state index contributed by atoms with van der Waals surface area (Å²) in [5.74, 6) is -0.683. The van der Waals surface area contributed by atoms with E-state index in [9.17, 15) is 13.2 Å². The maximum absolute atomic E-state index is 12.0. The molecule has 1 amide bonds. The van der Waals surface area contributed by atoms with Gasteiger partial charge in [-0.2, -0.15) is 0 Å². The van der Waals surface area contributed by atoms with Gasteiger partial charge in [-0.25, -0.2) is 13.1 Å². The molecule has 1 aliphatic heterocycles. The van der Waals surface area contributed by atoms with Crippen molar-refractivity contribution in [3.05, 3.63) is 30.3 Å². The number of ether oxygens (including phenoxy) is 2. The van der Waals surface area contributed by atoms with E-state index in [4.69, 9.17) is 9.47 Å². The number of rotatable bonds is 6. The second kappa shape index (κ2) is 7.02. The third kappa shape index (κ3) is 4.52. The first kappa shape index (κ1) is 15.9. The summed E-state index contributed by atoms with van der Waals surface area (Å²) in [6.45, 7) is 2.52. The first-order chi connectivity index (χ1) is 9.99. The van der Waals surface area contributed by atoms with E-state index >= 15 is 0 Å². The van der Waals surface area contributed by atoms with Crippen LogP contribution in [0.2, 0.25) is 0 Å². The number of benzene rings is 1. The van der Waals surface area contributed by atoms with Gasteiger partial charge in [-0.1, -0.05) is 18.2 Å².